The van der Waals surface area contributed by atoms with E-state index in [1.165, 1.54) is 23.8 Å². The molecule has 2 heterocycles. The number of methoxy groups -OCH3 is 1. The third kappa shape index (κ3) is 4.84. The number of rotatable bonds is 5. The van der Waals surface area contributed by atoms with Crippen LogP contribution in [0.4, 0.5) is 11.4 Å². The van der Waals surface area contributed by atoms with E-state index < -0.39 is 5.97 Å². The van der Waals surface area contributed by atoms with E-state index in [0.717, 1.165) is 49.4 Å². The predicted molar refractivity (Wildman–Crippen MR) is 138 cm³/mol. The Kier molecular flexibility index (Phi) is 6.38. The van der Waals surface area contributed by atoms with Gasteiger partial charge in [-0.05, 0) is 60.7 Å². The molecule has 0 unspecified atom stereocenters. The number of nitrogens with one attached hydrogen (secondary N) is 2. The third-order valence-corrected chi connectivity index (χ3v) is 6.77. The summed E-state index contributed by atoms with van der Waals surface area (Å²) in [7, 11) is 1.34. The Morgan fingerprint density at radius 2 is 1.69 bits per heavy atom. The van der Waals surface area contributed by atoms with Crippen LogP contribution in [0.2, 0.25) is 0 Å². The Bertz CT molecular complexity index is 1280. The minimum atomic E-state index is -0.431. The van der Waals surface area contributed by atoms with Gasteiger partial charge in [0.05, 0.1) is 23.9 Å². The largest absolute Gasteiger partial charge is 0.465 e. The van der Waals surface area contributed by atoms with Crippen LogP contribution in [-0.2, 0) is 28.9 Å². The Balaban J connectivity index is 1.26. The lowest BCUT2D eigenvalue weighted by Gasteiger charge is -2.20. The quantitative estimate of drug-likeness (QED) is 0.414. The first kappa shape index (κ1) is 22.9. The van der Waals surface area contributed by atoms with Crippen LogP contribution in [0.1, 0.15) is 39.5 Å². The summed E-state index contributed by atoms with van der Waals surface area (Å²) in [6.45, 7) is 4.94. The van der Waals surface area contributed by atoms with Gasteiger partial charge in [0, 0.05) is 36.6 Å². The van der Waals surface area contributed by atoms with Crippen molar-refractivity contribution in [3.05, 3.63) is 100 Å². The van der Waals surface area contributed by atoms with Crippen LogP contribution in [-0.4, -0.2) is 37.0 Å². The van der Waals surface area contributed by atoms with Gasteiger partial charge in [-0.15, -0.1) is 0 Å². The average Bonchev–Trinajstić information content (AvgIpc) is 3.07. The van der Waals surface area contributed by atoms with Crippen molar-refractivity contribution in [2.24, 2.45) is 0 Å². The average molecular weight is 468 g/mol. The highest BCUT2D eigenvalue weighted by Crippen LogP contribution is 2.35. The fraction of sp³-hybridized carbons (Fsp3) is 0.241. The maximum Gasteiger partial charge on any atom is 0.337 e. The van der Waals surface area contributed by atoms with Crippen molar-refractivity contribution in [2.45, 2.75) is 26.3 Å². The molecule has 0 saturated heterocycles. The van der Waals surface area contributed by atoms with Gasteiger partial charge in [0.1, 0.15) is 0 Å². The molecule has 3 aromatic rings. The number of esters is 1. The molecule has 0 spiro atoms. The summed E-state index contributed by atoms with van der Waals surface area (Å²) in [5.74, 6) is -0.620. The van der Waals surface area contributed by atoms with Crippen LogP contribution in [0.15, 0.2) is 72.4 Å². The minimum absolute atomic E-state index is 0.189. The molecule has 1 amide bonds. The second-order valence-electron chi connectivity index (χ2n) is 9.07. The first-order chi connectivity index (χ1) is 17.0. The Labute approximate surface area is 205 Å². The minimum Gasteiger partial charge on any atom is -0.465 e. The Morgan fingerprint density at radius 3 is 2.34 bits per heavy atom. The molecule has 0 fully saturated rings. The fourth-order valence-electron chi connectivity index (χ4n) is 4.89. The van der Waals surface area contributed by atoms with E-state index in [9.17, 15) is 9.59 Å². The van der Waals surface area contributed by atoms with Crippen LogP contribution in [0.25, 0.3) is 5.57 Å². The SMILES string of the molecule is COC(=O)c1ccc2c(c1)NC(=O)/C2=C(/C)Nc1ccc(CN2CCc3ccccc3CC2)cc1. The summed E-state index contributed by atoms with van der Waals surface area (Å²) in [5, 5.41) is 6.22. The van der Waals surface area contributed by atoms with Crippen molar-refractivity contribution in [3.63, 3.8) is 0 Å². The monoisotopic (exact) mass is 467 g/mol. The lowest BCUT2D eigenvalue weighted by Crippen LogP contribution is -2.25. The van der Waals surface area contributed by atoms with Gasteiger partial charge in [-0.3, -0.25) is 9.69 Å². The first-order valence-corrected chi connectivity index (χ1v) is 11.9. The van der Waals surface area contributed by atoms with Crippen molar-refractivity contribution in [3.8, 4) is 0 Å². The van der Waals surface area contributed by atoms with Gasteiger partial charge in [0.25, 0.3) is 5.91 Å². The zero-order valence-corrected chi connectivity index (χ0v) is 20.1. The predicted octanol–water partition coefficient (Wildman–Crippen LogP) is 4.87. The number of anilines is 2. The molecule has 2 N–H and O–H groups in total. The number of benzene rings is 3. The molecule has 0 bridgehead atoms. The van der Waals surface area contributed by atoms with Crippen LogP contribution in [0, 0.1) is 0 Å². The van der Waals surface area contributed by atoms with Crippen molar-refractivity contribution < 1.29 is 14.3 Å². The molecular weight excluding hydrogens is 438 g/mol. The van der Waals surface area contributed by atoms with E-state index in [1.807, 2.05) is 6.92 Å². The second kappa shape index (κ2) is 9.76. The summed E-state index contributed by atoms with van der Waals surface area (Å²) in [4.78, 5) is 27.0. The van der Waals surface area contributed by atoms with Gasteiger partial charge >= 0.3 is 5.97 Å². The first-order valence-electron chi connectivity index (χ1n) is 11.9. The number of hydrogen-bond acceptors (Lipinski definition) is 5. The molecule has 2 aliphatic rings. The molecule has 178 valence electrons. The lowest BCUT2D eigenvalue weighted by atomic mass is 10.0. The van der Waals surface area contributed by atoms with E-state index >= 15 is 0 Å². The molecule has 0 aliphatic carbocycles. The lowest BCUT2D eigenvalue weighted by molar-refractivity contribution is -0.110. The summed E-state index contributed by atoms with van der Waals surface area (Å²) >= 11 is 0. The summed E-state index contributed by atoms with van der Waals surface area (Å²) in [6, 6.07) is 22.3. The van der Waals surface area contributed by atoms with E-state index in [1.54, 1.807) is 18.2 Å². The highest BCUT2D eigenvalue weighted by molar-refractivity contribution is 6.32. The Hall–Kier alpha value is -3.90. The number of fused-ring (bicyclic) bond motifs is 2. The molecule has 0 atom stereocenters. The van der Waals surface area contributed by atoms with Crippen LogP contribution in [0.5, 0.6) is 0 Å². The smallest absolute Gasteiger partial charge is 0.337 e. The number of hydrogen-bond donors (Lipinski definition) is 2. The maximum absolute atomic E-state index is 12.7. The third-order valence-electron chi connectivity index (χ3n) is 6.77. The normalized spacial score (nSPS) is 16.6. The molecule has 0 radical (unpaired) electrons. The zero-order chi connectivity index (χ0) is 24.4. The molecule has 0 saturated carbocycles. The number of carbonyl (C=O) groups is 2. The van der Waals surface area contributed by atoms with Gasteiger partial charge in [-0.2, -0.15) is 0 Å². The molecule has 6 nitrogen and oxygen atoms in total. The molecule has 5 rings (SSSR count). The van der Waals surface area contributed by atoms with Crippen molar-refractivity contribution in [1.29, 1.82) is 0 Å². The number of nitrogens with zero attached hydrogens (tertiary/aromatic N) is 1. The highest BCUT2D eigenvalue weighted by atomic mass is 16.5. The van der Waals surface area contributed by atoms with Gasteiger partial charge in [0.15, 0.2) is 0 Å². The number of ether oxygens (including phenoxy) is 1. The van der Waals surface area contributed by atoms with Gasteiger partial charge < -0.3 is 15.4 Å². The van der Waals surface area contributed by atoms with Crippen LogP contribution in [0.3, 0.4) is 0 Å². The summed E-state index contributed by atoms with van der Waals surface area (Å²) in [5.41, 5.74) is 8.25. The fourth-order valence-corrected chi connectivity index (χ4v) is 4.89. The second-order valence-corrected chi connectivity index (χ2v) is 9.07. The van der Waals surface area contributed by atoms with E-state index in [2.05, 4.69) is 64.1 Å². The number of carbonyl (C=O) groups excluding carboxylic acids is 2. The molecule has 3 aromatic carbocycles. The van der Waals surface area contributed by atoms with Crippen molar-refractivity contribution in [2.75, 3.05) is 30.8 Å². The van der Waals surface area contributed by atoms with Crippen LogP contribution >= 0.6 is 0 Å². The molecule has 35 heavy (non-hydrogen) atoms. The van der Waals surface area contributed by atoms with Gasteiger partial charge in [0.2, 0.25) is 0 Å². The van der Waals surface area contributed by atoms with E-state index in [4.69, 9.17) is 4.74 Å². The topological polar surface area (TPSA) is 70.7 Å². The zero-order valence-electron chi connectivity index (χ0n) is 20.1. The van der Waals surface area contributed by atoms with Crippen molar-refractivity contribution >= 4 is 28.8 Å². The molecule has 2 aliphatic heterocycles. The summed E-state index contributed by atoms with van der Waals surface area (Å²) in [6.07, 6.45) is 2.18. The van der Waals surface area contributed by atoms with E-state index in [0.29, 0.717) is 16.8 Å². The van der Waals surface area contributed by atoms with Gasteiger partial charge in [-0.25, -0.2) is 4.79 Å². The molecule has 0 aromatic heterocycles. The maximum atomic E-state index is 12.7. The number of allylic oxidation sites excluding steroid dienone is 1. The highest BCUT2D eigenvalue weighted by Gasteiger charge is 2.27. The van der Waals surface area contributed by atoms with Gasteiger partial charge in [-0.1, -0.05) is 42.5 Å². The van der Waals surface area contributed by atoms with Crippen LogP contribution < -0.4 is 10.6 Å². The standard InChI is InChI=1S/C29H29N3O3/c1-19(27-25-12-9-23(29(34)35-2)17-26(25)31-28(27)33)30-24-10-7-20(8-11-24)18-32-15-13-21-5-3-4-6-22(21)14-16-32/h3-12,17,30H,13-16,18H2,1-2H3,(H,31,33)/b27-19-. The number of amides is 1. The Morgan fingerprint density at radius 1 is 1.00 bits per heavy atom. The van der Waals surface area contributed by atoms with E-state index in [-0.39, 0.29) is 5.91 Å². The molecular formula is C29H29N3O3. The summed E-state index contributed by atoms with van der Waals surface area (Å²) < 4.78 is 4.78. The van der Waals surface area contributed by atoms with Crippen molar-refractivity contribution in [1.82, 2.24) is 4.90 Å². The molecule has 6 heteroatoms.